The van der Waals surface area contributed by atoms with Crippen LogP contribution < -0.4 is 22.2 Å². The summed E-state index contributed by atoms with van der Waals surface area (Å²) in [5.41, 5.74) is 5.21. The Kier molecular flexibility index (Phi) is 9.80. The third-order valence-electron chi connectivity index (χ3n) is 10.0. The van der Waals surface area contributed by atoms with E-state index in [0.717, 1.165) is 46.0 Å². The van der Waals surface area contributed by atoms with E-state index in [4.69, 9.17) is 0 Å². The second kappa shape index (κ2) is 14.9. The molecule has 5 aromatic carbocycles. The van der Waals surface area contributed by atoms with Gasteiger partial charge in [-0.3, -0.25) is 37.9 Å². The molecule has 2 heterocycles. The van der Waals surface area contributed by atoms with Crippen LogP contribution in [-0.4, -0.2) is 21.7 Å². The Labute approximate surface area is 298 Å². The van der Waals surface area contributed by atoms with Crippen LogP contribution in [0.4, 0.5) is 0 Å². The summed E-state index contributed by atoms with van der Waals surface area (Å²) in [6.07, 6.45) is 5.63. The Bertz CT molecular complexity index is 2410. The quantitative estimate of drug-likeness (QED) is 0.0906. The second-order valence-electron chi connectivity index (χ2n) is 13.1. The van der Waals surface area contributed by atoms with E-state index in [0.29, 0.717) is 49.7 Å². The standard InChI is InChI=1S/C44H36N2O6/c47-27-31-17-3-7-21-35(31)33-19-5-1-13-29(33)15-9-11-23-45-41(49)37-25-39-40(26-38(37)42(45)50)44(52)46(43(39)51)24-12-10-16-30-14-2-6-20-34(30)36-22-8-4-18-32(36)28-48/h1-8,13-14,17-22,25-28H,9-12,15-16,23-24H2. The largest absolute Gasteiger partial charge is 0.298 e. The molecule has 0 saturated heterocycles. The van der Waals surface area contributed by atoms with E-state index in [1.165, 1.54) is 21.3 Å². The minimum Gasteiger partial charge on any atom is -0.298 e. The van der Waals surface area contributed by atoms with Gasteiger partial charge in [-0.15, -0.1) is 0 Å². The van der Waals surface area contributed by atoms with Crippen LogP contribution >= 0.6 is 0 Å². The molecule has 0 aliphatic carbocycles. The van der Waals surface area contributed by atoms with Gasteiger partial charge in [-0.2, -0.15) is 0 Å². The highest BCUT2D eigenvalue weighted by Gasteiger charge is 2.20. The van der Waals surface area contributed by atoms with Crippen molar-refractivity contribution in [1.29, 1.82) is 0 Å². The van der Waals surface area contributed by atoms with Crippen LogP contribution in [0, 0.1) is 0 Å². The maximum Gasteiger partial charge on any atom is 0.261 e. The fourth-order valence-electron chi connectivity index (χ4n) is 7.34. The molecule has 0 spiro atoms. The topological polar surface area (TPSA) is 112 Å². The molecule has 8 nitrogen and oxygen atoms in total. The highest BCUT2D eigenvalue weighted by atomic mass is 16.2. The van der Waals surface area contributed by atoms with Gasteiger partial charge >= 0.3 is 0 Å². The summed E-state index contributed by atoms with van der Waals surface area (Å²) in [7, 11) is 0. The second-order valence-corrected chi connectivity index (χ2v) is 13.1. The summed E-state index contributed by atoms with van der Waals surface area (Å²) in [5.74, 6) is 0. The molecule has 0 atom stereocenters. The number of aldehydes is 2. The molecule has 0 amide bonds. The van der Waals surface area contributed by atoms with E-state index in [-0.39, 0.29) is 34.6 Å². The predicted molar refractivity (Wildman–Crippen MR) is 205 cm³/mol. The van der Waals surface area contributed by atoms with Gasteiger partial charge in [-0.25, -0.2) is 0 Å². The Balaban J connectivity index is 1.04. The molecule has 0 saturated carbocycles. The third-order valence-corrected chi connectivity index (χ3v) is 10.0. The number of nitrogens with zero attached hydrogens (tertiary/aromatic N) is 2. The fraction of sp³-hybridized carbons (Fsp3) is 0.182. The van der Waals surface area contributed by atoms with Crippen LogP contribution in [0.1, 0.15) is 57.5 Å². The minimum absolute atomic E-state index is 0.148. The van der Waals surface area contributed by atoms with Gasteiger partial charge in [0, 0.05) is 24.2 Å². The van der Waals surface area contributed by atoms with Crippen LogP contribution in [-0.2, 0) is 25.9 Å². The van der Waals surface area contributed by atoms with E-state index in [1.54, 1.807) is 12.1 Å². The zero-order chi connectivity index (χ0) is 36.2. The number of carbonyl (C=O) groups excluding carboxylic acids is 2. The number of benzene rings is 5. The SMILES string of the molecule is O=Cc1ccccc1-c1ccccc1CCCCn1c(=O)c2cc3c(=O)n(CCCCc4ccccc4-c4ccccc4C=O)c(=O)c3cc2c1=O. The molecule has 52 heavy (non-hydrogen) atoms. The highest BCUT2D eigenvalue weighted by molar-refractivity contribution is 5.98. The van der Waals surface area contributed by atoms with Gasteiger partial charge in [0.15, 0.2) is 12.6 Å². The molecule has 2 aromatic heterocycles. The number of carbonyl (C=O) groups is 2. The van der Waals surface area contributed by atoms with Gasteiger partial charge in [0.2, 0.25) is 0 Å². The number of aryl methyl sites for hydroxylation is 2. The third kappa shape index (κ3) is 6.39. The van der Waals surface area contributed by atoms with E-state index >= 15 is 0 Å². The monoisotopic (exact) mass is 688 g/mol. The van der Waals surface area contributed by atoms with Gasteiger partial charge in [0.1, 0.15) is 0 Å². The van der Waals surface area contributed by atoms with Crippen LogP contribution in [0.2, 0.25) is 0 Å². The number of hydrogen-bond acceptors (Lipinski definition) is 6. The molecular weight excluding hydrogens is 652 g/mol. The van der Waals surface area contributed by atoms with Gasteiger partial charge in [-0.05, 0) is 84.0 Å². The van der Waals surface area contributed by atoms with Crippen molar-refractivity contribution in [2.75, 3.05) is 0 Å². The summed E-state index contributed by atoms with van der Waals surface area (Å²) in [5, 5.41) is 0.592. The van der Waals surface area contributed by atoms with Crippen molar-refractivity contribution >= 4 is 34.1 Å². The molecule has 7 aromatic rings. The lowest BCUT2D eigenvalue weighted by molar-refractivity contribution is 0.111. The van der Waals surface area contributed by atoms with Crippen molar-refractivity contribution in [3.63, 3.8) is 0 Å². The van der Waals surface area contributed by atoms with Crippen molar-refractivity contribution in [2.24, 2.45) is 0 Å². The summed E-state index contributed by atoms with van der Waals surface area (Å²) in [6.45, 7) is 0.421. The fourth-order valence-corrected chi connectivity index (χ4v) is 7.34. The maximum absolute atomic E-state index is 13.4. The Hall–Kier alpha value is -6.28. The number of aromatic nitrogens is 2. The minimum atomic E-state index is -0.461. The highest BCUT2D eigenvalue weighted by Crippen LogP contribution is 2.29. The zero-order valence-corrected chi connectivity index (χ0v) is 28.5. The molecule has 8 heteroatoms. The molecule has 0 radical (unpaired) electrons. The van der Waals surface area contributed by atoms with Crippen LogP contribution in [0.3, 0.4) is 0 Å². The molecule has 0 N–H and O–H groups in total. The molecule has 0 bridgehead atoms. The summed E-state index contributed by atoms with van der Waals surface area (Å²) < 4.78 is 2.40. The number of hydrogen-bond donors (Lipinski definition) is 0. The molecular formula is C44H36N2O6. The van der Waals surface area contributed by atoms with Crippen LogP contribution in [0.25, 0.3) is 43.8 Å². The predicted octanol–water partition coefficient (Wildman–Crippen LogP) is 6.92. The lowest BCUT2D eigenvalue weighted by Gasteiger charge is -2.11. The van der Waals surface area contributed by atoms with E-state index < -0.39 is 22.2 Å². The summed E-state index contributed by atoms with van der Waals surface area (Å²) in [4.78, 5) is 76.9. The molecule has 0 aliphatic rings. The summed E-state index contributed by atoms with van der Waals surface area (Å²) >= 11 is 0. The van der Waals surface area contributed by atoms with E-state index in [2.05, 4.69) is 0 Å². The maximum atomic E-state index is 13.4. The average molecular weight is 689 g/mol. The molecule has 7 rings (SSSR count). The first kappa shape index (κ1) is 34.2. The molecule has 0 unspecified atom stereocenters. The first-order valence-electron chi connectivity index (χ1n) is 17.6. The number of unbranched alkanes of at least 4 members (excludes halogenated alkanes) is 2. The van der Waals surface area contributed by atoms with Crippen molar-refractivity contribution in [1.82, 2.24) is 9.13 Å². The number of rotatable bonds is 14. The molecule has 0 fully saturated rings. The lowest BCUT2D eigenvalue weighted by Crippen LogP contribution is -2.26. The van der Waals surface area contributed by atoms with E-state index in [9.17, 15) is 28.8 Å². The first-order valence-corrected chi connectivity index (χ1v) is 17.6. The lowest BCUT2D eigenvalue weighted by atomic mass is 9.93. The van der Waals surface area contributed by atoms with Crippen LogP contribution in [0.5, 0.6) is 0 Å². The van der Waals surface area contributed by atoms with Gasteiger partial charge < -0.3 is 0 Å². The van der Waals surface area contributed by atoms with E-state index in [1.807, 2.05) is 84.9 Å². The van der Waals surface area contributed by atoms with Gasteiger partial charge in [0.25, 0.3) is 22.2 Å². The molecule has 258 valence electrons. The first-order chi connectivity index (χ1) is 25.4. The van der Waals surface area contributed by atoms with Crippen molar-refractivity contribution in [3.05, 3.63) is 173 Å². The Morgan fingerprint density at radius 3 is 1.10 bits per heavy atom. The van der Waals surface area contributed by atoms with Crippen LogP contribution in [0.15, 0.2) is 128 Å². The Morgan fingerprint density at radius 2 is 0.731 bits per heavy atom. The average Bonchev–Trinajstić information content (AvgIpc) is 3.56. The Morgan fingerprint density at radius 1 is 0.404 bits per heavy atom. The van der Waals surface area contributed by atoms with Crippen molar-refractivity contribution < 1.29 is 9.59 Å². The van der Waals surface area contributed by atoms with Gasteiger partial charge in [0.05, 0.1) is 21.5 Å². The molecule has 0 aliphatic heterocycles. The normalized spacial score (nSPS) is 11.4. The van der Waals surface area contributed by atoms with Crippen molar-refractivity contribution in [3.8, 4) is 22.3 Å². The zero-order valence-electron chi connectivity index (χ0n) is 28.5. The van der Waals surface area contributed by atoms with Gasteiger partial charge in [-0.1, -0.05) is 97.1 Å². The number of fused-ring (bicyclic) bond motifs is 2. The smallest absolute Gasteiger partial charge is 0.261 e. The van der Waals surface area contributed by atoms with Crippen molar-refractivity contribution in [2.45, 2.75) is 51.6 Å². The summed E-state index contributed by atoms with van der Waals surface area (Å²) in [6, 6.07) is 33.5.